The van der Waals surface area contributed by atoms with Crippen LogP contribution in [-0.4, -0.2) is 43.7 Å². The second-order valence-electron chi connectivity index (χ2n) is 6.33. The van der Waals surface area contributed by atoms with Crippen molar-refractivity contribution in [3.05, 3.63) is 28.8 Å². The van der Waals surface area contributed by atoms with Crippen molar-refractivity contribution in [1.29, 1.82) is 0 Å². The van der Waals surface area contributed by atoms with Crippen LogP contribution >= 0.6 is 11.6 Å². The summed E-state index contributed by atoms with van der Waals surface area (Å²) in [4.78, 5) is 4.98. The van der Waals surface area contributed by atoms with Gasteiger partial charge in [0.1, 0.15) is 0 Å². The summed E-state index contributed by atoms with van der Waals surface area (Å²) in [5, 5.41) is 0.811. The first-order valence-corrected chi connectivity index (χ1v) is 8.38. The largest absolute Gasteiger partial charge is 0.367 e. The number of benzene rings is 1. The van der Waals surface area contributed by atoms with Crippen LogP contribution in [0.1, 0.15) is 32.3 Å². The van der Waals surface area contributed by atoms with Crippen molar-refractivity contribution < 1.29 is 0 Å². The second-order valence-corrected chi connectivity index (χ2v) is 6.76. The zero-order valence-electron chi connectivity index (χ0n) is 13.5. The minimum Gasteiger partial charge on any atom is -0.367 e. The molecule has 1 aromatic rings. The highest BCUT2D eigenvalue weighted by Gasteiger charge is 2.24. The van der Waals surface area contributed by atoms with Crippen LogP contribution < -0.4 is 10.6 Å². The first-order valence-electron chi connectivity index (χ1n) is 8.00. The lowest BCUT2D eigenvalue weighted by Crippen LogP contribution is -2.40. The van der Waals surface area contributed by atoms with Gasteiger partial charge in [-0.05, 0) is 57.5 Å². The minimum atomic E-state index is 0.166. The van der Waals surface area contributed by atoms with Gasteiger partial charge in [0.2, 0.25) is 0 Å². The van der Waals surface area contributed by atoms with E-state index < -0.39 is 0 Å². The number of hydrogen-bond donors (Lipinski definition) is 1. The molecular weight excluding hydrogens is 282 g/mol. The van der Waals surface area contributed by atoms with Gasteiger partial charge < -0.3 is 15.5 Å². The molecular formula is C17H28ClN3. The van der Waals surface area contributed by atoms with E-state index in [0.29, 0.717) is 6.04 Å². The van der Waals surface area contributed by atoms with Crippen molar-refractivity contribution in [2.45, 2.75) is 45.2 Å². The molecule has 0 aromatic heterocycles. The summed E-state index contributed by atoms with van der Waals surface area (Å²) < 4.78 is 0. The molecule has 3 nitrogen and oxygen atoms in total. The number of rotatable bonds is 4. The Morgan fingerprint density at radius 2 is 2.14 bits per heavy atom. The third-order valence-electron chi connectivity index (χ3n) is 4.27. The fourth-order valence-corrected chi connectivity index (χ4v) is 3.40. The third kappa shape index (κ3) is 4.35. The number of nitrogens with two attached hydrogens (primary N) is 1. The molecule has 21 heavy (non-hydrogen) atoms. The summed E-state index contributed by atoms with van der Waals surface area (Å²) in [6, 6.07) is 6.95. The lowest BCUT2D eigenvalue weighted by molar-refractivity contribution is 0.328. The van der Waals surface area contributed by atoms with Crippen LogP contribution in [0, 0.1) is 0 Å². The predicted molar refractivity (Wildman–Crippen MR) is 92.3 cm³/mol. The highest BCUT2D eigenvalue weighted by atomic mass is 35.5. The molecule has 0 amide bonds. The maximum absolute atomic E-state index is 6.26. The van der Waals surface area contributed by atoms with Crippen molar-refractivity contribution in [3.63, 3.8) is 0 Å². The molecule has 1 saturated heterocycles. The monoisotopic (exact) mass is 309 g/mol. The fourth-order valence-electron chi connectivity index (χ4n) is 3.23. The van der Waals surface area contributed by atoms with Gasteiger partial charge in [0.15, 0.2) is 0 Å². The topological polar surface area (TPSA) is 32.5 Å². The van der Waals surface area contributed by atoms with E-state index in [1.807, 2.05) is 6.07 Å². The van der Waals surface area contributed by atoms with Gasteiger partial charge in [-0.1, -0.05) is 24.6 Å². The summed E-state index contributed by atoms with van der Waals surface area (Å²) in [5.41, 5.74) is 8.62. The summed E-state index contributed by atoms with van der Waals surface area (Å²) in [5.74, 6) is 0. The molecule has 1 aliphatic heterocycles. The van der Waals surface area contributed by atoms with Crippen molar-refractivity contribution >= 4 is 17.3 Å². The molecule has 1 heterocycles. The molecule has 0 bridgehead atoms. The molecule has 2 atom stereocenters. The fraction of sp³-hybridized carbons (Fsp3) is 0.647. The molecule has 1 fully saturated rings. The van der Waals surface area contributed by atoms with Gasteiger partial charge in [-0.3, -0.25) is 0 Å². The zero-order chi connectivity index (χ0) is 15.4. The van der Waals surface area contributed by atoms with Gasteiger partial charge in [0.25, 0.3) is 0 Å². The maximum Gasteiger partial charge on any atom is 0.0426 e. The van der Waals surface area contributed by atoms with Crippen LogP contribution in [0.15, 0.2) is 18.2 Å². The van der Waals surface area contributed by atoms with Crippen LogP contribution in [0.5, 0.6) is 0 Å². The first-order chi connectivity index (χ1) is 10.0. The minimum absolute atomic E-state index is 0.166. The summed E-state index contributed by atoms with van der Waals surface area (Å²) >= 11 is 6.26. The van der Waals surface area contributed by atoms with Gasteiger partial charge in [-0.2, -0.15) is 0 Å². The quantitative estimate of drug-likeness (QED) is 0.927. The highest BCUT2D eigenvalue weighted by Crippen LogP contribution is 2.29. The average molecular weight is 310 g/mol. The van der Waals surface area contributed by atoms with E-state index in [1.165, 1.54) is 17.7 Å². The number of likely N-dealkylation sites (N-methyl/N-ethyl adjacent to an activating group) is 1. The molecule has 2 unspecified atom stereocenters. The number of halogens is 1. The van der Waals surface area contributed by atoms with Crippen LogP contribution in [0.25, 0.3) is 0 Å². The molecule has 0 radical (unpaired) electrons. The van der Waals surface area contributed by atoms with E-state index in [9.17, 15) is 0 Å². The van der Waals surface area contributed by atoms with E-state index in [1.54, 1.807) is 0 Å². The Labute approximate surface area is 134 Å². The van der Waals surface area contributed by atoms with Crippen LogP contribution in [-0.2, 0) is 6.42 Å². The molecule has 4 heteroatoms. The first kappa shape index (κ1) is 16.6. The Balaban J connectivity index is 2.34. The van der Waals surface area contributed by atoms with E-state index in [-0.39, 0.29) is 6.04 Å². The van der Waals surface area contributed by atoms with Gasteiger partial charge >= 0.3 is 0 Å². The molecule has 2 rings (SSSR count). The Kier molecular flexibility index (Phi) is 5.91. The van der Waals surface area contributed by atoms with Crippen molar-refractivity contribution in [1.82, 2.24) is 4.90 Å². The molecule has 1 aromatic carbocycles. The normalized spacial score (nSPS) is 22.1. The lowest BCUT2D eigenvalue weighted by atomic mass is 10.0. The van der Waals surface area contributed by atoms with Crippen LogP contribution in [0.3, 0.4) is 0 Å². The van der Waals surface area contributed by atoms with Crippen molar-refractivity contribution in [2.75, 3.05) is 31.6 Å². The SMILES string of the molecule is CCC1CN(C)CCCN1c1cc(Cl)ccc1CC(C)N. The van der Waals surface area contributed by atoms with E-state index in [0.717, 1.165) is 37.5 Å². The molecule has 118 valence electrons. The molecule has 1 aliphatic rings. The number of hydrogen-bond acceptors (Lipinski definition) is 3. The van der Waals surface area contributed by atoms with E-state index in [4.69, 9.17) is 17.3 Å². The lowest BCUT2D eigenvalue weighted by Gasteiger charge is -2.34. The van der Waals surface area contributed by atoms with Crippen LogP contribution in [0.4, 0.5) is 5.69 Å². The van der Waals surface area contributed by atoms with Gasteiger partial charge in [0.05, 0.1) is 0 Å². The van der Waals surface area contributed by atoms with Crippen LogP contribution in [0.2, 0.25) is 5.02 Å². The third-order valence-corrected chi connectivity index (χ3v) is 4.51. The average Bonchev–Trinajstić information content (AvgIpc) is 2.61. The molecule has 2 N–H and O–H groups in total. The van der Waals surface area contributed by atoms with Crippen molar-refractivity contribution in [3.8, 4) is 0 Å². The molecule has 0 aliphatic carbocycles. The van der Waals surface area contributed by atoms with Gasteiger partial charge in [-0.15, -0.1) is 0 Å². The molecule has 0 spiro atoms. The predicted octanol–water partition coefficient (Wildman–Crippen LogP) is 3.15. The summed E-state index contributed by atoms with van der Waals surface area (Å²) in [6.45, 7) is 7.70. The van der Waals surface area contributed by atoms with E-state index >= 15 is 0 Å². The standard InChI is InChI=1S/C17H28ClN3/c1-4-16-12-20(3)8-5-9-21(16)17-11-15(18)7-6-14(17)10-13(2)19/h6-7,11,13,16H,4-5,8-10,12,19H2,1-3H3. The van der Waals surface area contributed by atoms with Gasteiger partial charge in [-0.25, -0.2) is 0 Å². The zero-order valence-corrected chi connectivity index (χ0v) is 14.2. The Morgan fingerprint density at radius 1 is 1.38 bits per heavy atom. The second kappa shape index (κ2) is 7.48. The van der Waals surface area contributed by atoms with Gasteiger partial charge in [0, 0.05) is 35.9 Å². The summed E-state index contributed by atoms with van der Waals surface area (Å²) in [7, 11) is 2.22. The smallest absolute Gasteiger partial charge is 0.0426 e. The Bertz CT molecular complexity index is 461. The highest BCUT2D eigenvalue weighted by molar-refractivity contribution is 6.30. The van der Waals surface area contributed by atoms with Crippen molar-refractivity contribution in [2.24, 2.45) is 5.73 Å². The Hall–Kier alpha value is -0.770. The molecule has 0 saturated carbocycles. The Morgan fingerprint density at radius 3 is 2.81 bits per heavy atom. The number of nitrogens with zero attached hydrogens (tertiary/aromatic N) is 2. The number of anilines is 1. The maximum atomic E-state index is 6.26. The summed E-state index contributed by atoms with van der Waals surface area (Å²) in [6.07, 6.45) is 3.24. The van der Waals surface area contributed by atoms with E-state index in [2.05, 4.69) is 42.8 Å².